The van der Waals surface area contributed by atoms with Crippen LogP contribution in [0, 0.1) is 0 Å². The zero-order valence-corrected chi connectivity index (χ0v) is 14.7. The van der Waals surface area contributed by atoms with Gasteiger partial charge in [-0.05, 0) is 31.0 Å². The lowest BCUT2D eigenvalue weighted by Gasteiger charge is -2.21. The van der Waals surface area contributed by atoms with Gasteiger partial charge in [0.25, 0.3) is 0 Å². The Balaban J connectivity index is 2.14. The SMILES string of the molecule is CCCCOC(OCCCC)c1ccccc1Oc1ccccc1. The molecule has 0 aliphatic heterocycles. The Kier molecular flexibility index (Phi) is 8.36. The molecule has 0 bridgehead atoms. The molecule has 0 heterocycles. The van der Waals surface area contributed by atoms with Crippen LogP contribution in [0.15, 0.2) is 54.6 Å². The maximum absolute atomic E-state index is 6.04. The minimum absolute atomic E-state index is 0.386. The normalized spacial score (nSPS) is 11.0. The van der Waals surface area contributed by atoms with Crippen LogP contribution in [0.25, 0.3) is 0 Å². The van der Waals surface area contributed by atoms with Gasteiger partial charge in [-0.2, -0.15) is 0 Å². The summed E-state index contributed by atoms with van der Waals surface area (Å²) in [5, 5.41) is 0. The van der Waals surface area contributed by atoms with E-state index in [9.17, 15) is 0 Å². The largest absolute Gasteiger partial charge is 0.457 e. The molecular formula is C21H28O3. The van der Waals surface area contributed by atoms with E-state index in [0.29, 0.717) is 13.2 Å². The van der Waals surface area contributed by atoms with Crippen LogP contribution in [-0.4, -0.2) is 13.2 Å². The van der Waals surface area contributed by atoms with Gasteiger partial charge in [-0.3, -0.25) is 0 Å². The van der Waals surface area contributed by atoms with E-state index in [1.165, 1.54) is 0 Å². The van der Waals surface area contributed by atoms with Crippen molar-refractivity contribution < 1.29 is 14.2 Å². The van der Waals surface area contributed by atoms with Gasteiger partial charge in [0.15, 0.2) is 6.29 Å². The molecule has 2 aromatic carbocycles. The first-order chi connectivity index (χ1) is 11.8. The summed E-state index contributed by atoms with van der Waals surface area (Å²) in [4.78, 5) is 0. The number of ether oxygens (including phenoxy) is 3. The van der Waals surface area contributed by atoms with Crippen LogP contribution >= 0.6 is 0 Å². The lowest BCUT2D eigenvalue weighted by molar-refractivity contribution is -0.148. The van der Waals surface area contributed by atoms with E-state index >= 15 is 0 Å². The molecule has 0 radical (unpaired) electrons. The van der Waals surface area contributed by atoms with Crippen molar-refractivity contribution >= 4 is 0 Å². The predicted molar refractivity (Wildman–Crippen MR) is 97.4 cm³/mol. The van der Waals surface area contributed by atoms with Crippen molar-refractivity contribution in [2.45, 2.75) is 45.8 Å². The summed E-state index contributed by atoms with van der Waals surface area (Å²) < 4.78 is 18.0. The summed E-state index contributed by atoms with van der Waals surface area (Å²) in [5.74, 6) is 1.59. The van der Waals surface area contributed by atoms with E-state index in [4.69, 9.17) is 14.2 Å². The molecule has 0 unspecified atom stereocenters. The van der Waals surface area contributed by atoms with E-state index in [1.54, 1.807) is 0 Å². The lowest BCUT2D eigenvalue weighted by Crippen LogP contribution is -2.12. The van der Waals surface area contributed by atoms with Crippen molar-refractivity contribution in [1.29, 1.82) is 0 Å². The molecule has 0 aliphatic rings. The van der Waals surface area contributed by atoms with Crippen LogP contribution in [0.2, 0.25) is 0 Å². The molecule has 2 rings (SSSR count). The molecule has 3 heteroatoms. The molecular weight excluding hydrogens is 300 g/mol. The van der Waals surface area contributed by atoms with Crippen molar-refractivity contribution in [3.05, 3.63) is 60.2 Å². The van der Waals surface area contributed by atoms with Crippen LogP contribution in [0.3, 0.4) is 0 Å². The highest BCUT2D eigenvalue weighted by Crippen LogP contribution is 2.32. The molecule has 0 N–H and O–H groups in total. The second kappa shape index (κ2) is 10.8. The van der Waals surface area contributed by atoms with Gasteiger partial charge < -0.3 is 14.2 Å². The molecule has 0 spiro atoms. The molecule has 0 saturated heterocycles. The quantitative estimate of drug-likeness (QED) is 0.368. The van der Waals surface area contributed by atoms with Gasteiger partial charge >= 0.3 is 0 Å². The fraction of sp³-hybridized carbons (Fsp3) is 0.429. The Labute approximate surface area is 145 Å². The average Bonchev–Trinajstić information content (AvgIpc) is 2.62. The summed E-state index contributed by atoms with van der Waals surface area (Å²) in [6, 6.07) is 17.7. The second-order valence-electron chi connectivity index (χ2n) is 5.73. The molecule has 0 saturated carbocycles. The minimum atomic E-state index is -0.386. The standard InChI is InChI=1S/C21H28O3/c1-3-5-16-22-21(23-17-6-4-2)19-14-10-11-15-20(19)24-18-12-8-7-9-13-18/h7-15,21H,3-6,16-17H2,1-2H3. The Hall–Kier alpha value is -1.84. The Morgan fingerprint density at radius 2 is 1.33 bits per heavy atom. The number of rotatable bonds is 11. The Morgan fingerprint density at radius 3 is 1.96 bits per heavy atom. The van der Waals surface area contributed by atoms with Crippen LogP contribution in [0.5, 0.6) is 11.5 Å². The molecule has 0 atom stereocenters. The van der Waals surface area contributed by atoms with Gasteiger partial charge in [0.1, 0.15) is 11.5 Å². The molecule has 130 valence electrons. The first-order valence-corrected chi connectivity index (χ1v) is 8.90. The zero-order valence-electron chi connectivity index (χ0n) is 14.7. The maximum Gasteiger partial charge on any atom is 0.187 e. The molecule has 2 aromatic rings. The van der Waals surface area contributed by atoms with Crippen molar-refractivity contribution in [2.24, 2.45) is 0 Å². The number of benzene rings is 2. The van der Waals surface area contributed by atoms with Crippen LogP contribution < -0.4 is 4.74 Å². The van der Waals surface area contributed by atoms with Gasteiger partial charge in [-0.25, -0.2) is 0 Å². The number of unbranched alkanes of at least 4 members (excludes halogenated alkanes) is 2. The highest BCUT2D eigenvalue weighted by Gasteiger charge is 2.17. The molecule has 0 amide bonds. The molecule has 0 aromatic heterocycles. The summed E-state index contributed by atoms with van der Waals surface area (Å²) in [6.07, 6.45) is 3.86. The first-order valence-electron chi connectivity index (χ1n) is 8.90. The lowest BCUT2D eigenvalue weighted by atomic mass is 10.2. The highest BCUT2D eigenvalue weighted by atomic mass is 16.7. The summed E-state index contributed by atoms with van der Waals surface area (Å²) in [5.41, 5.74) is 0.938. The van der Waals surface area contributed by atoms with Gasteiger partial charge in [0.2, 0.25) is 0 Å². The second-order valence-corrected chi connectivity index (χ2v) is 5.73. The van der Waals surface area contributed by atoms with Crippen molar-refractivity contribution in [2.75, 3.05) is 13.2 Å². The molecule has 0 aliphatic carbocycles. The van der Waals surface area contributed by atoms with Crippen molar-refractivity contribution in [3.63, 3.8) is 0 Å². The van der Waals surface area contributed by atoms with Crippen LogP contribution in [-0.2, 0) is 9.47 Å². The monoisotopic (exact) mass is 328 g/mol. The maximum atomic E-state index is 6.04. The zero-order chi connectivity index (χ0) is 17.0. The Morgan fingerprint density at radius 1 is 0.750 bits per heavy atom. The summed E-state index contributed by atoms with van der Waals surface area (Å²) >= 11 is 0. The third kappa shape index (κ3) is 5.99. The van der Waals surface area contributed by atoms with Gasteiger partial charge in [0, 0.05) is 0 Å². The Bertz CT molecular complexity index is 558. The van der Waals surface area contributed by atoms with E-state index in [0.717, 1.165) is 42.7 Å². The van der Waals surface area contributed by atoms with E-state index in [2.05, 4.69) is 13.8 Å². The minimum Gasteiger partial charge on any atom is -0.457 e. The fourth-order valence-corrected chi connectivity index (χ4v) is 2.28. The van der Waals surface area contributed by atoms with E-state index in [1.807, 2.05) is 54.6 Å². The van der Waals surface area contributed by atoms with Gasteiger partial charge in [-0.15, -0.1) is 0 Å². The average molecular weight is 328 g/mol. The smallest absolute Gasteiger partial charge is 0.187 e. The third-order valence-corrected chi connectivity index (χ3v) is 3.68. The highest BCUT2D eigenvalue weighted by molar-refractivity contribution is 5.38. The number of para-hydroxylation sites is 2. The van der Waals surface area contributed by atoms with Crippen LogP contribution in [0.4, 0.5) is 0 Å². The summed E-state index contributed by atoms with van der Waals surface area (Å²) in [7, 11) is 0. The van der Waals surface area contributed by atoms with Gasteiger partial charge in [0.05, 0.1) is 18.8 Å². The van der Waals surface area contributed by atoms with Crippen molar-refractivity contribution in [3.8, 4) is 11.5 Å². The van der Waals surface area contributed by atoms with E-state index < -0.39 is 0 Å². The molecule has 3 nitrogen and oxygen atoms in total. The number of hydrogen-bond donors (Lipinski definition) is 0. The van der Waals surface area contributed by atoms with Crippen LogP contribution in [0.1, 0.15) is 51.4 Å². The van der Waals surface area contributed by atoms with E-state index in [-0.39, 0.29) is 6.29 Å². The first kappa shape index (κ1) is 18.5. The fourth-order valence-electron chi connectivity index (χ4n) is 2.28. The van der Waals surface area contributed by atoms with Crippen molar-refractivity contribution in [1.82, 2.24) is 0 Å². The third-order valence-electron chi connectivity index (χ3n) is 3.68. The molecule has 24 heavy (non-hydrogen) atoms. The number of hydrogen-bond acceptors (Lipinski definition) is 3. The topological polar surface area (TPSA) is 27.7 Å². The molecule has 0 fully saturated rings. The van der Waals surface area contributed by atoms with Gasteiger partial charge in [-0.1, -0.05) is 63.1 Å². The predicted octanol–water partition coefficient (Wildman–Crippen LogP) is 6.11. The summed E-state index contributed by atoms with van der Waals surface area (Å²) in [6.45, 7) is 5.69.